The first-order valence-electron chi connectivity index (χ1n) is 7.33. The highest BCUT2D eigenvalue weighted by atomic mass is 32.1. The molecule has 1 amide bonds. The third kappa shape index (κ3) is 2.88. The van der Waals surface area contributed by atoms with E-state index in [4.69, 9.17) is 4.52 Å². The number of anilines is 1. The van der Waals surface area contributed by atoms with E-state index in [1.54, 1.807) is 17.4 Å². The van der Waals surface area contributed by atoms with Gasteiger partial charge in [-0.3, -0.25) is 4.79 Å². The Labute approximate surface area is 128 Å². The molecule has 3 rings (SSSR count). The molecule has 0 atom stereocenters. The van der Waals surface area contributed by atoms with E-state index >= 15 is 0 Å². The van der Waals surface area contributed by atoms with Crippen LogP contribution in [0.3, 0.4) is 0 Å². The summed E-state index contributed by atoms with van der Waals surface area (Å²) in [4.78, 5) is 13.8. The van der Waals surface area contributed by atoms with Gasteiger partial charge in [0, 0.05) is 21.7 Å². The van der Waals surface area contributed by atoms with Crippen LogP contribution in [0.15, 0.2) is 16.0 Å². The molecule has 1 aliphatic carbocycles. The van der Waals surface area contributed by atoms with Crippen LogP contribution in [0.4, 0.5) is 5.82 Å². The number of hydrogen-bond acceptors (Lipinski definition) is 4. The minimum Gasteiger partial charge on any atom is -0.359 e. The molecule has 0 unspecified atom stereocenters. The molecule has 0 bridgehead atoms. The van der Waals surface area contributed by atoms with Crippen molar-refractivity contribution in [3.63, 3.8) is 0 Å². The van der Waals surface area contributed by atoms with Gasteiger partial charge in [0.25, 0.3) is 5.91 Å². The molecule has 0 aliphatic heterocycles. The second-order valence-corrected chi connectivity index (χ2v) is 7.50. The van der Waals surface area contributed by atoms with Gasteiger partial charge in [-0.1, -0.05) is 25.9 Å². The van der Waals surface area contributed by atoms with Crippen LogP contribution < -0.4 is 5.32 Å². The van der Waals surface area contributed by atoms with E-state index in [0.29, 0.717) is 5.82 Å². The second-order valence-electron chi connectivity index (χ2n) is 6.54. The number of nitrogens with zero attached hydrogens (tertiary/aromatic N) is 1. The van der Waals surface area contributed by atoms with Gasteiger partial charge in [0.1, 0.15) is 5.76 Å². The molecule has 2 aromatic heterocycles. The Morgan fingerprint density at radius 1 is 1.33 bits per heavy atom. The molecule has 1 aliphatic rings. The van der Waals surface area contributed by atoms with Crippen LogP contribution in [0.5, 0.6) is 0 Å². The molecular formula is C16H20N2O2S. The first-order chi connectivity index (χ1) is 9.95. The summed E-state index contributed by atoms with van der Waals surface area (Å²) in [7, 11) is 0. The second kappa shape index (κ2) is 5.30. The maximum absolute atomic E-state index is 12.4. The number of carbonyl (C=O) groups excluding carboxylic acids is 1. The highest BCUT2D eigenvalue weighted by molar-refractivity contribution is 7.10. The number of carbonyl (C=O) groups is 1. The van der Waals surface area contributed by atoms with Gasteiger partial charge in [-0.15, -0.1) is 11.3 Å². The molecule has 0 aromatic carbocycles. The Balaban J connectivity index is 1.78. The lowest BCUT2D eigenvalue weighted by atomic mass is 9.93. The molecule has 1 N–H and O–H groups in total. The number of nitrogens with one attached hydrogen (secondary N) is 1. The summed E-state index contributed by atoms with van der Waals surface area (Å²) in [6, 6.07) is 1.80. The highest BCUT2D eigenvalue weighted by Crippen LogP contribution is 2.31. The lowest BCUT2D eigenvalue weighted by molar-refractivity contribution is 0.102. The van der Waals surface area contributed by atoms with Crippen LogP contribution in [-0.2, 0) is 18.3 Å². The van der Waals surface area contributed by atoms with E-state index in [2.05, 4.69) is 10.5 Å². The molecule has 0 fully saturated rings. The van der Waals surface area contributed by atoms with E-state index in [1.807, 2.05) is 26.2 Å². The largest absolute Gasteiger partial charge is 0.359 e. The van der Waals surface area contributed by atoms with Crippen molar-refractivity contribution in [3.05, 3.63) is 33.2 Å². The van der Waals surface area contributed by atoms with Gasteiger partial charge >= 0.3 is 0 Å². The average molecular weight is 304 g/mol. The summed E-state index contributed by atoms with van der Waals surface area (Å²) < 4.78 is 5.30. The van der Waals surface area contributed by atoms with E-state index < -0.39 is 0 Å². The smallest absolute Gasteiger partial charge is 0.258 e. The maximum atomic E-state index is 12.4. The van der Waals surface area contributed by atoms with E-state index in [-0.39, 0.29) is 11.3 Å². The van der Waals surface area contributed by atoms with Crippen LogP contribution in [0.1, 0.15) is 60.2 Å². The van der Waals surface area contributed by atoms with Gasteiger partial charge in [0.15, 0.2) is 5.82 Å². The number of aromatic nitrogens is 1. The van der Waals surface area contributed by atoms with Gasteiger partial charge in [0.05, 0.1) is 5.56 Å². The van der Waals surface area contributed by atoms with Crippen molar-refractivity contribution in [3.8, 4) is 0 Å². The van der Waals surface area contributed by atoms with Crippen molar-refractivity contribution in [2.75, 3.05) is 5.32 Å². The van der Waals surface area contributed by atoms with Crippen LogP contribution in [0, 0.1) is 0 Å². The zero-order chi connectivity index (χ0) is 15.0. The number of thiophene rings is 1. The summed E-state index contributed by atoms with van der Waals surface area (Å²) >= 11 is 1.70. The quantitative estimate of drug-likeness (QED) is 0.906. The zero-order valence-electron chi connectivity index (χ0n) is 12.7. The summed E-state index contributed by atoms with van der Waals surface area (Å²) in [5.74, 6) is 1.17. The summed E-state index contributed by atoms with van der Waals surface area (Å²) in [6.45, 7) is 6.15. The van der Waals surface area contributed by atoms with E-state index in [1.165, 1.54) is 23.3 Å². The van der Waals surface area contributed by atoms with Crippen LogP contribution in [0.25, 0.3) is 0 Å². The molecule has 4 nitrogen and oxygen atoms in total. The molecule has 0 radical (unpaired) electrons. The van der Waals surface area contributed by atoms with Crippen molar-refractivity contribution < 1.29 is 9.32 Å². The Hall–Kier alpha value is -1.62. The Morgan fingerprint density at radius 2 is 2.10 bits per heavy atom. The third-order valence-electron chi connectivity index (χ3n) is 3.80. The highest BCUT2D eigenvalue weighted by Gasteiger charge is 2.23. The lowest BCUT2D eigenvalue weighted by Crippen LogP contribution is -2.15. The fourth-order valence-electron chi connectivity index (χ4n) is 2.56. The van der Waals surface area contributed by atoms with Crippen molar-refractivity contribution in [2.45, 2.75) is 51.9 Å². The monoisotopic (exact) mass is 304 g/mol. The number of amides is 1. The van der Waals surface area contributed by atoms with E-state index in [0.717, 1.165) is 24.2 Å². The summed E-state index contributed by atoms with van der Waals surface area (Å²) in [6.07, 6.45) is 4.51. The average Bonchev–Trinajstić information content (AvgIpc) is 3.03. The fraction of sp³-hybridized carbons (Fsp3) is 0.500. The van der Waals surface area contributed by atoms with E-state index in [9.17, 15) is 4.79 Å². The molecule has 5 heteroatoms. The Kier molecular flexibility index (Phi) is 3.61. The molecule has 0 saturated heterocycles. The van der Waals surface area contributed by atoms with Crippen LogP contribution in [0.2, 0.25) is 0 Å². The number of hydrogen-bond donors (Lipinski definition) is 1. The zero-order valence-corrected chi connectivity index (χ0v) is 13.5. The normalized spacial score (nSPS) is 14.8. The van der Waals surface area contributed by atoms with Crippen LogP contribution in [-0.4, -0.2) is 11.1 Å². The van der Waals surface area contributed by atoms with Gasteiger partial charge in [0.2, 0.25) is 0 Å². The Bertz CT molecular complexity index is 664. The number of rotatable bonds is 2. The first-order valence-corrected chi connectivity index (χ1v) is 8.21. The molecule has 0 spiro atoms. The van der Waals surface area contributed by atoms with Crippen molar-refractivity contribution in [2.24, 2.45) is 0 Å². The van der Waals surface area contributed by atoms with Crippen molar-refractivity contribution in [1.82, 2.24) is 5.16 Å². The summed E-state index contributed by atoms with van der Waals surface area (Å²) in [5.41, 5.74) is 1.91. The van der Waals surface area contributed by atoms with Crippen molar-refractivity contribution >= 4 is 23.1 Å². The molecule has 2 heterocycles. The predicted molar refractivity (Wildman–Crippen MR) is 84.1 cm³/mol. The molecule has 2 aromatic rings. The standard InChI is InChI=1S/C16H20N2O2S/c1-16(2,3)13-8-14(18-20-13)17-15(19)11-9-21-12-7-5-4-6-10(11)12/h8-9H,4-7H2,1-3H3,(H,17,18,19). The lowest BCUT2D eigenvalue weighted by Gasteiger charge is -2.12. The maximum Gasteiger partial charge on any atom is 0.258 e. The topological polar surface area (TPSA) is 55.1 Å². The molecule has 112 valence electrons. The molecule has 0 saturated carbocycles. The fourth-order valence-corrected chi connectivity index (χ4v) is 3.68. The minimum atomic E-state index is -0.114. The third-order valence-corrected chi connectivity index (χ3v) is 4.89. The van der Waals surface area contributed by atoms with Crippen LogP contribution >= 0.6 is 11.3 Å². The number of fused-ring (bicyclic) bond motifs is 1. The molecular weight excluding hydrogens is 284 g/mol. The Morgan fingerprint density at radius 3 is 2.81 bits per heavy atom. The van der Waals surface area contributed by atoms with Gasteiger partial charge in [-0.05, 0) is 31.2 Å². The predicted octanol–water partition coefficient (Wildman–Crippen LogP) is 4.16. The minimum absolute atomic E-state index is 0.0804. The number of aryl methyl sites for hydroxylation is 1. The molecule has 21 heavy (non-hydrogen) atoms. The first kappa shape index (κ1) is 14.3. The van der Waals surface area contributed by atoms with Crippen molar-refractivity contribution in [1.29, 1.82) is 0 Å². The summed E-state index contributed by atoms with van der Waals surface area (Å²) in [5, 5.41) is 8.76. The van der Waals surface area contributed by atoms with Gasteiger partial charge in [-0.2, -0.15) is 0 Å². The van der Waals surface area contributed by atoms with Gasteiger partial charge in [-0.25, -0.2) is 0 Å². The SMILES string of the molecule is CC(C)(C)c1cc(NC(=O)c2csc3c2CCCC3)no1. The van der Waals surface area contributed by atoms with Gasteiger partial charge < -0.3 is 9.84 Å².